The number of ether oxygens (including phenoxy) is 2. The number of carbonyl (C=O) groups excluding carboxylic acids is 1. The van der Waals surface area contributed by atoms with Gasteiger partial charge >= 0.3 is 0 Å². The lowest BCUT2D eigenvalue weighted by Crippen LogP contribution is -2.41. The Hall–Kier alpha value is -3.18. The van der Waals surface area contributed by atoms with E-state index in [1.165, 1.54) is 36.4 Å². The van der Waals surface area contributed by atoms with E-state index in [2.05, 4.69) is 5.32 Å². The topological polar surface area (TPSA) is 98.1 Å². The zero-order valence-electron chi connectivity index (χ0n) is 18.8. The predicted molar refractivity (Wildman–Crippen MR) is 131 cm³/mol. The van der Waals surface area contributed by atoms with Gasteiger partial charge in [-0.05, 0) is 54.6 Å². The van der Waals surface area contributed by atoms with Gasteiger partial charge in [-0.15, -0.1) is 0 Å². The number of rotatable bonds is 11. The lowest BCUT2D eigenvalue weighted by molar-refractivity contribution is -0.119. The first-order valence-corrected chi connectivity index (χ1v) is 13.6. The van der Waals surface area contributed by atoms with Crippen LogP contribution in [-0.4, -0.2) is 46.4 Å². The molecule has 0 saturated carbocycles. The molecule has 0 atom stereocenters. The third-order valence-corrected chi connectivity index (χ3v) is 7.93. The van der Waals surface area contributed by atoms with Gasteiger partial charge in [0.2, 0.25) is 5.91 Å². The number of halogens is 1. The average Bonchev–Trinajstić information content (AvgIpc) is 3.38. The maximum atomic E-state index is 13.9. The lowest BCUT2D eigenvalue weighted by atomic mass is 10.3. The molecule has 2 heterocycles. The maximum absolute atomic E-state index is 13.9. The SMILES string of the molecule is O=C(CN(c1cccc(F)c1)S(=O)(=O)c1ccc2c(c1)OCCO2)NCCCSCc1ccco1. The number of sulfonamides is 1. The Labute approximate surface area is 207 Å². The van der Waals surface area contributed by atoms with Crippen LogP contribution in [-0.2, 0) is 20.6 Å². The first-order chi connectivity index (χ1) is 16.9. The summed E-state index contributed by atoms with van der Waals surface area (Å²) in [6.45, 7) is 0.549. The molecule has 0 spiro atoms. The minimum absolute atomic E-state index is 0.0454. The molecule has 11 heteroatoms. The summed E-state index contributed by atoms with van der Waals surface area (Å²) < 4.78 is 58.1. The van der Waals surface area contributed by atoms with Gasteiger partial charge in [0.1, 0.15) is 31.3 Å². The number of carbonyl (C=O) groups is 1. The molecule has 1 aliphatic rings. The third-order valence-electron chi connectivity index (χ3n) is 5.10. The summed E-state index contributed by atoms with van der Waals surface area (Å²) >= 11 is 1.67. The number of furan rings is 1. The van der Waals surface area contributed by atoms with Crippen molar-refractivity contribution in [1.82, 2.24) is 5.32 Å². The van der Waals surface area contributed by atoms with Crippen molar-refractivity contribution in [2.75, 3.05) is 36.4 Å². The van der Waals surface area contributed by atoms with Crippen LogP contribution in [0.3, 0.4) is 0 Å². The summed E-state index contributed by atoms with van der Waals surface area (Å²) in [5.41, 5.74) is 0.0454. The van der Waals surface area contributed by atoms with Gasteiger partial charge in [0.25, 0.3) is 10.0 Å². The van der Waals surface area contributed by atoms with Gasteiger partial charge in [-0.3, -0.25) is 9.10 Å². The van der Waals surface area contributed by atoms with Gasteiger partial charge in [-0.1, -0.05) is 6.07 Å². The van der Waals surface area contributed by atoms with E-state index in [1.54, 1.807) is 18.0 Å². The van der Waals surface area contributed by atoms with E-state index >= 15 is 0 Å². The van der Waals surface area contributed by atoms with Crippen LogP contribution in [0, 0.1) is 5.82 Å². The molecule has 3 aromatic rings. The van der Waals surface area contributed by atoms with Crippen molar-refractivity contribution < 1.29 is 31.5 Å². The fraction of sp³-hybridized carbons (Fsp3) is 0.292. The van der Waals surface area contributed by atoms with E-state index in [9.17, 15) is 17.6 Å². The second-order valence-electron chi connectivity index (χ2n) is 7.63. The summed E-state index contributed by atoms with van der Waals surface area (Å²) in [5.74, 6) is 2.05. The van der Waals surface area contributed by atoms with Crippen LogP contribution < -0.4 is 19.1 Å². The number of fused-ring (bicyclic) bond motifs is 1. The molecule has 8 nitrogen and oxygen atoms in total. The van der Waals surface area contributed by atoms with E-state index in [1.807, 2.05) is 12.1 Å². The van der Waals surface area contributed by atoms with Crippen LogP contribution in [0.15, 0.2) is 70.2 Å². The molecule has 0 aliphatic carbocycles. The lowest BCUT2D eigenvalue weighted by Gasteiger charge is -2.25. The quantitative estimate of drug-likeness (QED) is 0.384. The minimum atomic E-state index is -4.21. The van der Waals surface area contributed by atoms with Crippen molar-refractivity contribution in [3.63, 3.8) is 0 Å². The Morgan fingerprint density at radius 2 is 1.89 bits per heavy atom. The zero-order chi connectivity index (χ0) is 24.7. The van der Waals surface area contributed by atoms with Crippen molar-refractivity contribution >= 4 is 33.4 Å². The van der Waals surface area contributed by atoms with Gasteiger partial charge in [0.15, 0.2) is 11.5 Å². The molecule has 0 saturated heterocycles. The Bertz CT molecular complexity index is 1250. The van der Waals surface area contributed by atoms with E-state index in [0.717, 1.165) is 27.6 Å². The molecule has 0 unspecified atom stereocenters. The fourth-order valence-corrected chi connectivity index (χ4v) is 5.70. The minimum Gasteiger partial charge on any atom is -0.486 e. The van der Waals surface area contributed by atoms with Gasteiger partial charge in [0, 0.05) is 12.6 Å². The smallest absolute Gasteiger partial charge is 0.264 e. The largest absolute Gasteiger partial charge is 0.486 e. The van der Waals surface area contributed by atoms with Crippen LogP contribution >= 0.6 is 11.8 Å². The number of amides is 1. The molecule has 1 N–H and O–H groups in total. The number of benzene rings is 2. The molecular weight excluding hydrogens is 495 g/mol. The van der Waals surface area contributed by atoms with Gasteiger partial charge in [-0.25, -0.2) is 12.8 Å². The summed E-state index contributed by atoms with van der Waals surface area (Å²) in [6.07, 6.45) is 2.32. The Morgan fingerprint density at radius 1 is 1.06 bits per heavy atom. The number of nitrogens with one attached hydrogen (secondary N) is 1. The number of thioether (sulfide) groups is 1. The highest BCUT2D eigenvalue weighted by Crippen LogP contribution is 2.34. The van der Waals surface area contributed by atoms with Crippen LogP contribution in [0.5, 0.6) is 11.5 Å². The Morgan fingerprint density at radius 3 is 2.66 bits per heavy atom. The third kappa shape index (κ3) is 6.49. The van der Waals surface area contributed by atoms with Crippen LogP contribution in [0.4, 0.5) is 10.1 Å². The van der Waals surface area contributed by atoms with Crippen LogP contribution in [0.2, 0.25) is 0 Å². The summed E-state index contributed by atoms with van der Waals surface area (Å²) in [4.78, 5) is 12.6. The molecule has 1 aliphatic heterocycles. The molecule has 2 aromatic carbocycles. The summed E-state index contributed by atoms with van der Waals surface area (Å²) in [6, 6.07) is 13.1. The predicted octanol–water partition coefficient (Wildman–Crippen LogP) is 3.82. The van der Waals surface area contributed by atoms with Gasteiger partial charge in [-0.2, -0.15) is 11.8 Å². The molecule has 0 fully saturated rings. The maximum Gasteiger partial charge on any atom is 0.264 e. The highest BCUT2D eigenvalue weighted by molar-refractivity contribution is 7.98. The Kier molecular flexibility index (Phi) is 8.19. The fourth-order valence-electron chi connectivity index (χ4n) is 3.41. The molecule has 0 bridgehead atoms. The first kappa shape index (κ1) is 24.9. The number of nitrogens with zero attached hydrogens (tertiary/aromatic N) is 1. The van der Waals surface area contributed by atoms with E-state index in [-0.39, 0.29) is 10.6 Å². The molecule has 186 valence electrons. The second kappa shape index (κ2) is 11.5. The van der Waals surface area contributed by atoms with Crippen molar-refractivity contribution in [3.8, 4) is 11.5 Å². The first-order valence-electron chi connectivity index (χ1n) is 11.0. The van der Waals surface area contributed by atoms with Crippen LogP contribution in [0.1, 0.15) is 12.2 Å². The van der Waals surface area contributed by atoms with Gasteiger partial charge < -0.3 is 19.2 Å². The number of hydrogen-bond acceptors (Lipinski definition) is 7. The highest BCUT2D eigenvalue weighted by Gasteiger charge is 2.29. The number of hydrogen-bond donors (Lipinski definition) is 1. The normalized spacial score (nSPS) is 12.8. The molecule has 0 radical (unpaired) electrons. The highest BCUT2D eigenvalue weighted by atomic mass is 32.2. The standard InChI is InChI=1S/C24H25FN2O6S2/c25-18-4-1-5-19(14-18)27(16-24(28)26-9-3-13-34-17-20-6-2-10-31-20)35(29,30)21-7-8-22-23(15-21)33-12-11-32-22/h1-2,4-8,10,14-15H,3,9,11-13,16-17H2,(H,26,28). The molecule has 1 amide bonds. The van der Waals surface area contributed by atoms with Gasteiger partial charge in [0.05, 0.1) is 22.6 Å². The monoisotopic (exact) mass is 520 g/mol. The summed E-state index contributed by atoms with van der Waals surface area (Å²) in [7, 11) is -4.21. The summed E-state index contributed by atoms with van der Waals surface area (Å²) in [5, 5.41) is 2.74. The van der Waals surface area contributed by atoms with Crippen molar-refractivity contribution in [1.29, 1.82) is 0 Å². The molecule has 35 heavy (non-hydrogen) atoms. The van der Waals surface area contributed by atoms with E-state index in [4.69, 9.17) is 13.9 Å². The van der Waals surface area contributed by atoms with E-state index < -0.39 is 28.3 Å². The molecule has 1 aromatic heterocycles. The zero-order valence-corrected chi connectivity index (χ0v) is 20.4. The second-order valence-corrected chi connectivity index (χ2v) is 10.6. The molecular formula is C24H25FN2O6S2. The Balaban J connectivity index is 1.42. The molecule has 4 rings (SSSR count). The average molecular weight is 521 g/mol. The van der Waals surface area contributed by atoms with E-state index in [0.29, 0.717) is 37.7 Å². The van der Waals surface area contributed by atoms with Crippen molar-refractivity contribution in [2.24, 2.45) is 0 Å². The van der Waals surface area contributed by atoms with Crippen LogP contribution in [0.25, 0.3) is 0 Å². The number of anilines is 1. The van der Waals surface area contributed by atoms with Crippen molar-refractivity contribution in [3.05, 3.63) is 72.4 Å². The van der Waals surface area contributed by atoms with Crippen molar-refractivity contribution in [2.45, 2.75) is 17.1 Å².